The van der Waals surface area contributed by atoms with Crippen molar-refractivity contribution in [3.63, 3.8) is 0 Å². The van der Waals surface area contributed by atoms with E-state index >= 15 is 4.39 Å². The number of hydrogen-bond donors (Lipinski definition) is 4. The van der Waals surface area contributed by atoms with Gasteiger partial charge >= 0.3 is 5.69 Å². The molecule has 0 amide bonds. The molecular formula is C33H43ClFN7O. The lowest BCUT2D eigenvalue weighted by Crippen LogP contribution is -2.30. The normalized spacial score (nSPS) is 12.2. The average Bonchev–Trinajstić information content (AvgIpc) is 3.38. The number of nitrogens with two attached hydrogens (primary N) is 2. The zero-order chi connectivity index (χ0) is 30.9. The van der Waals surface area contributed by atoms with E-state index in [0.29, 0.717) is 53.0 Å². The summed E-state index contributed by atoms with van der Waals surface area (Å²) in [7, 11) is 0. The fourth-order valence-corrected chi connectivity index (χ4v) is 5.45. The van der Waals surface area contributed by atoms with E-state index in [4.69, 9.17) is 23.1 Å². The minimum absolute atomic E-state index is 0.0864. The first-order valence-electron chi connectivity index (χ1n) is 15.1. The molecule has 0 saturated carbocycles. The molecule has 4 aromatic rings. The number of nitrogens with zero attached hydrogens (tertiary/aromatic N) is 3. The molecule has 0 aliphatic heterocycles. The van der Waals surface area contributed by atoms with Crippen LogP contribution in [0.25, 0.3) is 28.0 Å². The van der Waals surface area contributed by atoms with Crippen molar-refractivity contribution in [2.24, 2.45) is 22.4 Å². The highest BCUT2D eigenvalue weighted by Crippen LogP contribution is 2.31. The molecular weight excluding hydrogens is 565 g/mol. The van der Waals surface area contributed by atoms with E-state index in [1.807, 2.05) is 36.4 Å². The number of unbranched alkanes of at least 4 members (excludes halogenated alkanes) is 1. The molecule has 43 heavy (non-hydrogen) atoms. The first kappa shape index (κ1) is 32.2. The number of rotatable bonds is 15. The van der Waals surface area contributed by atoms with Gasteiger partial charge in [0.1, 0.15) is 5.65 Å². The van der Waals surface area contributed by atoms with Crippen LogP contribution in [0.15, 0.2) is 58.4 Å². The second-order valence-electron chi connectivity index (χ2n) is 11.6. The van der Waals surface area contributed by atoms with Gasteiger partial charge in [-0.05, 0) is 73.1 Å². The lowest BCUT2D eigenvalue weighted by atomic mass is 10.00. The maximum Gasteiger partial charge on any atom is 0.354 e. The molecule has 8 nitrogen and oxygen atoms in total. The number of aromatic amines is 1. The Morgan fingerprint density at radius 1 is 1.09 bits per heavy atom. The summed E-state index contributed by atoms with van der Waals surface area (Å²) < 4.78 is 16.6. The third-order valence-electron chi connectivity index (χ3n) is 7.62. The Labute approximate surface area is 257 Å². The van der Waals surface area contributed by atoms with Gasteiger partial charge in [0.05, 0.1) is 16.4 Å². The van der Waals surface area contributed by atoms with Gasteiger partial charge in [0.25, 0.3) is 0 Å². The Morgan fingerprint density at radius 2 is 1.86 bits per heavy atom. The second-order valence-corrected chi connectivity index (χ2v) is 12.0. The average molecular weight is 608 g/mol. The van der Waals surface area contributed by atoms with E-state index in [9.17, 15) is 4.79 Å². The fraction of sp³-hybridized carbons (Fsp3) is 0.424. The molecule has 2 aromatic carbocycles. The molecule has 0 saturated heterocycles. The van der Waals surface area contributed by atoms with Crippen LogP contribution in [0.2, 0.25) is 5.02 Å². The Bertz CT molecular complexity index is 1590. The van der Waals surface area contributed by atoms with Crippen LogP contribution < -0.4 is 22.5 Å². The number of halogens is 2. The standard InChI is InChI=1S/C33H43ClFN7O/c1-4-5-9-25(14-15-38-32(36)37)39-19-22-10-12-26(13-11-22)42-20-24-18-29(40-31(24)41-33(42)43)27-16-23(8-6-7-21(2)3)17-28(34)30(27)35/h10-13,16-18,20-21,25,39H,4-9,14-15,19H2,1-3H3,(H4,36,37,38)(H,40,41,43)/t25-/m0/s1. The third-order valence-corrected chi connectivity index (χ3v) is 7.90. The topological polar surface area (TPSA) is 127 Å². The smallest absolute Gasteiger partial charge is 0.354 e. The van der Waals surface area contributed by atoms with Gasteiger partial charge in [0.15, 0.2) is 11.8 Å². The highest BCUT2D eigenvalue weighted by atomic mass is 35.5. The van der Waals surface area contributed by atoms with E-state index in [-0.39, 0.29) is 11.0 Å². The predicted molar refractivity (Wildman–Crippen MR) is 175 cm³/mol. The molecule has 0 radical (unpaired) electrons. The molecule has 6 N–H and O–H groups in total. The highest BCUT2D eigenvalue weighted by Gasteiger charge is 2.16. The van der Waals surface area contributed by atoms with Crippen molar-refractivity contribution in [1.29, 1.82) is 0 Å². The maximum absolute atomic E-state index is 15.1. The molecule has 230 valence electrons. The molecule has 0 spiro atoms. The summed E-state index contributed by atoms with van der Waals surface area (Å²) in [5.41, 5.74) is 14.6. The third kappa shape index (κ3) is 8.91. The number of fused-ring (bicyclic) bond motifs is 1. The number of aromatic nitrogens is 3. The van der Waals surface area contributed by atoms with Crippen molar-refractivity contribution < 1.29 is 4.39 Å². The van der Waals surface area contributed by atoms with Gasteiger partial charge in [-0.25, -0.2) is 9.18 Å². The van der Waals surface area contributed by atoms with E-state index in [0.717, 1.165) is 56.1 Å². The van der Waals surface area contributed by atoms with Gasteiger partial charge in [-0.3, -0.25) is 9.56 Å². The van der Waals surface area contributed by atoms with Crippen LogP contribution in [0, 0.1) is 11.7 Å². The Hall–Kier alpha value is -3.69. The molecule has 0 fully saturated rings. The number of aryl methyl sites for hydroxylation is 1. The molecule has 2 heterocycles. The van der Waals surface area contributed by atoms with Gasteiger partial charge in [-0.2, -0.15) is 4.98 Å². The number of aliphatic imine (C=N–C) groups is 1. The molecule has 0 bridgehead atoms. The number of benzene rings is 2. The van der Waals surface area contributed by atoms with Crippen LogP contribution >= 0.6 is 11.6 Å². The first-order valence-corrected chi connectivity index (χ1v) is 15.5. The second kappa shape index (κ2) is 15.2. The Morgan fingerprint density at radius 3 is 2.56 bits per heavy atom. The van der Waals surface area contributed by atoms with Crippen molar-refractivity contribution in [3.8, 4) is 16.9 Å². The molecule has 0 aliphatic rings. The minimum atomic E-state index is -0.492. The van der Waals surface area contributed by atoms with Crippen LogP contribution in [-0.4, -0.2) is 33.1 Å². The Kier molecular flexibility index (Phi) is 11.4. The zero-order valence-electron chi connectivity index (χ0n) is 25.3. The molecule has 1 atom stereocenters. The molecule has 2 aromatic heterocycles. The molecule has 10 heteroatoms. The van der Waals surface area contributed by atoms with E-state index < -0.39 is 11.5 Å². The van der Waals surface area contributed by atoms with Crippen LogP contribution in [0.4, 0.5) is 4.39 Å². The maximum atomic E-state index is 15.1. The quantitative estimate of drug-likeness (QED) is 0.0910. The number of H-pyrrole nitrogens is 1. The minimum Gasteiger partial charge on any atom is -0.370 e. The SMILES string of the molecule is CCCC[C@@H](CCN=C(N)N)NCc1ccc(-n2cc3cc(-c4cc(CCCC(C)C)cc(Cl)c4F)[nH]c3nc2=O)cc1. The molecule has 4 rings (SSSR count). The number of hydrogen-bond acceptors (Lipinski definition) is 4. The number of guanidine groups is 1. The fourth-order valence-electron chi connectivity index (χ4n) is 5.21. The van der Waals surface area contributed by atoms with Crippen LogP contribution in [-0.2, 0) is 13.0 Å². The lowest BCUT2D eigenvalue weighted by molar-refractivity contribution is 0.442. The van der Waals surface area contributed by atoms with Gasteiger partial charge in [0.2, 0.25) is 0 Å². The van der Waals surface area contributed by atoms with E-state index in [1.165, 1.54) is 4.57 Å². The van der Waals surface area contributed by atoms with Crippen molar-refractivity contribution in [3.05, 3.63) is 81.1 Å². The molecule has 0 aliphatic carbocycles. The van der Waals surface area contributed by atoms with Crippen LogP contribution in [0.3, 0.4) is 0 Å². The first-order chi connectivity index (χ1) is 20.6. The van der Waals surface area contributed by atoms with Crippen LogP contribution in [0.5, 0.6) is 0 Å². The van der Waals surface area contributed by atoms with Crippen molar-refractivity contribution in [2.75, 3.05) is 6.54 Å². The van der Waals surface area contributed by atoms with Crippen molar-refractivity contribution in [1.82, 2.24) is 19.9 Å². The Balaban J connectivity index is 1.51. The van der Waals surface area contributed by atoms with E-state index in [2.05, 4.69) is 41.0 Å². The summed E-state index contributed by atoms with van der Waals surface area (Å²) in [6, 6.07) is 13.4. The summed E-state index contributed by atoms with van der Waals surface area (Å²) in [6.07, 6.45) is 8.79. The summed E-state index contributed by atoms with van der Waals surface area (Å²) in [4.78, 5) is 24.5. The summed E-state index contributed by atoms with van der Waals surface area (Å²) in [5, 5.41) is 4.39. The van der Waals surface area contributed by atoms with Gasteiger partial charge < -0.3 is 21.8 Å². The van der Waals surface area contributed by atoms with Gasteiger partial charge in [-0.1, -0.05) is 63.8 Å². The largest absolute Gasteiger partial charge is 0.370 e. The molecule has 0 unspecified atom stereocenters. The number of nitrogens with one attached hydrogen (secondary N) is 2. The predicted octanol–water partition coefficient (Wildman–Crippen LogP) is 6.46. The van der Waals surface area contributed by atoms with Gasteiger partial charge in [-0.15, -0.1) is 0 Å². The summed E-state index contributed by atoms with van der Waals surface area (Å²) in [5.74, 6) is 0.224. The lowest BCUT2D eigenvalue weighted by Gasteiger charge is -2.18. The van der Waals surface area contributed by atoms with E-state index in [1.54, 1.807) is 12.3 Å². The zero-order valence-corrected chi connectivity index (χ0v) is 26.1. The van der Waals surface area contributed by atoms with Gasteiger partial charge in [0, 0.05) is 36.3 Å². The van der Waals surface area contributed by atoms with Crippen molar-refractivity contribution in [2.45, 2.75) is 78.3 Å². The summed E-state index contributed by atoms with van der Waals surface area (Å²) in [6.45, 7) is 7.83. The van der Waals surface area contributed by atoms with Crippen LogP contribution in [0.1, 0.15) is 70.4 Å². The summed E-state index contributed by atoms with van der Waals surface area (Å²) >= 11 is 6.27. The highest BCUT2D eigenvalue weighted by molar-refractivity contribution is 6.31. The monoisotopic (exact) mass is 607 g/mol. The van der Waals surface area contributed by atoms with Crippen molar-refractivity contribution >= 4 is 28.6 Å².